The first-order valence-electron chi connectivity index (χ1n) is 6.87. The Morgan fingerprint density at radius 1 is 1.36 bits per heavy atom. The number of rotatable bonds is 4. The van der Waals surface area contributed by atoms with E-state index >= 15 is 0 Å². The van der Waals surface area contributed by atoms with Crippen LogP contribution in [0.15, 0.2) is 24.3 Å². The maximum absolute atomic E-state index is 12.3. The monoisotopic (exact) mass is 328 g/mol. The summed E-state index contributed by atoms with van der Waals surface area (Å²) in [7, 11) is 1.34. The number of benzene rings is 1. The van der Waals surface area contributed by atoms with Crippen molar-refractivity contribution in [1.29, 1.82) is 0 Å². The highest BCUT2D eigenvalue weighted by atomic mass is 35.5. The van der Waals surface area contributed by atoms with E-state index in [1.807, 2.05) is 0 Å². The van der Waals surface area contributed by atoms with Gasteiger partial charge in [0.2, 0.25) is 5.91 Å². The molecule has 0 saturated carbocycles. The number of anilines is 1. The minimum absolute atomic E-state index is 0. The molecular weight excluding hydrogens is 308 g/mol. The third-order valence-corrected chi connectivity index (χ3v) is 3.60. The Bertz CT molecular complexity index is 530. The third kappa shape index (κ3) is 4.69. The summed E-state index contributed by atoms with van der Waals surface area (Å²) in [5.74, 6) is -0.542. The van der Waals surface area contributed by atoms with E-state index in [0.717, 1.165) is 5.56 Å². The predicted molar refractivity (Wildman–Crippen MR) is 85.0 cm³/mol. The number of amides is 1. The molecule has 7 heteroatoms. The third-order valence-electron chi connectivity index (χ3n) is 3.60. The topological polar surface area (TPSA) is 90.7 Å². The molecule has 1 heterocycles. The Hall–Kier alpha value is -1.63. The van der Waals surface area contributed by atoms with Crippen molar-refractivity contribution in [3.63, 3.8) is 0 Å². The van der Waals surface area contributed by atoms with Gasteiger partial charge in [-0.05, 0) is 30.5 Å². The van der Waals surface area contributed by atoms with E-state index < -0.39 is 5.54 Å². The molecular formula is C15H21ClN2O4. The highest BCUT2D eigenvalue weighted by Gasteiger charge is 2.35. The molecule has 22 heavy (non-hydrogen) atoms. The Morgan fingerprint density at radius 3 is 2.68 bits per heavy atom. The van der Waals surface area contributed by atoms with Crippen LogP contribution in [0.2, 0.25) is 0 Å². The zero-order chi connectivity index (χ0) is 15.3. The van der Waals surface area contributed by atoms with Crippen LogP contribution < -0.4 is 11.1 Å². The number of methoxy groups -OCH3 is 1. The van der Waals surface area contributed by atoms with Crippen molar-refractivity contribution < 1.29 is 19.1 Å². The van der Waals surface area contributed by atoms with E-state index in [4.69, 9.17) is 10.5 Å². The van der Waals surface area contributed by atoms with Crippen LogP contribution in [0.3, 0.4) is 0 Å². The molecule has 0 spiro atoms. The first kappa shape index (κ1) is 18.4. The molecule has 0 radical (unpaired) electrons. The second-order valence-corrected chi connectivity index (χ2v) is 5.18. The van der Waals surface area contributed by atoms with Gasteiger partial charge in [-0.2, -0.15) is 0 Å². The number of nitrogens with two attached hydrogens (primary N) is 1. The quantitative estimate of drug-likeness (QED) is 0.812. The van der Waals surface area contributed by atoms with Crippen LogP contribution in [-0.2, 0) is 25.5 Å². The Kier molecular flexibility index (Phi) is 6.80. The van der Waals surface area contributed by atoms with Gasteiger partial charge in [-0.25, -0.2) is 0 Å². The van der Waals surface area contributed by atoms with Gasteiger partial charge in [-0.15, -0.1) is 12.4 Å². The average Bonchev–Trinajstić information content (AvgIpc) is 2.48. The van der Waals surface area contributed by atoms with Crippen LogP contribution in [0.4, 0.5) is 5.69 Å². The van der Waals surface area contributed by atoms with Gasteiger partial charge in [-0.1, -0.05) is 12.1 Å². The van der Waals surface area contributed by atoms with Crippen molar-refractivity contribution in [2.75, 3.05) is 25.6 Å². The number of ether oxygens (including phenoxy) is 2. The number of carbonyl (C=O) groups excluding carboxylic acids is 2. The van der Waals surface area contributed by atoms with Crippen molar-refractivity contribution in [3.05, 3.63) is 29.8 Å². The number of carbonyl (C=O) groups is 2. The lowest BCUT2D eigenvalue weighted by atomic mass is 9.90. The zero-order valence-corrected chi connectivity index (χ0v) is 13.3. The summed E-state index contributed by atoms with van der Waals surface area (Å²) in [4.78, 5) is 23.6. The lowest BCUT2D eigenvalue weighted by Gasteiger charge is -2.31. The molecule has 1 amide bonds. The number of hydrogen-bond donors (Lipinski definition) is 2. The van der Waals surface area contributed by atoms with Crippen LogP contribution in [0.1, 0.15) is 18.4 Å². The van der Waals surface area contributed by atoms with Gasteiger partial charge in [0.05, 0.1) is 13.5 Å². The van der Waals surface area contributed by atoms with Gasteiger partial charge in [0.1, 0.15) is 5.54 Å². The largest absolute Gasteiger partial charge is 0.469 e. The smallest absolute Gasteiger partial charge is 0.309 e. The molecule has 1 saturated heterocycles. The lowest BCUT2D eigenvalue weighted by Crippen LogP contribution is -2.54. The van der Waals surface area contributed by atoms with Crippen molar-refractivity contribution in [1.82, 2.24) is 0 Å². The van der Waals surface area contributed by atoms with Gasteiger partial charge < -0.3 is 20.5 Å². The summed E-state index contributed by atoms with van der Waals surface area (Å²) in [6.07, 6.45) is 1.17. The van der Waals surface area contributed by atoms with E-state index in [9.17, 15) is 9.59 Å². The van der Waals surface area contributed by atoms with Crippen molar-refractivity contribution in [2.24, 2.45) is 5.73 Å². The Morgan fingerprint density at radius 2 is 2.05 bits per heavy atom. The van der Waals surface area contributed by atoms with Gasteiger partial charge in [0.15, 0.2) is 0 Å². The molecule has 3 N–H and O–H groups in total. The standard InChI is InChI=1S/C15H20N2O4.ClH/c1-20-13(18)10-11-3-2-4-12(9-11)17-14(19)15(16)5-7-21-8-6-15;/h2-4,9H,5-8,10,16H2,1H3,(H,17,19);1H. The highest BCUT2D eigenvalue weighted by Crippen LogP contribution is 2.20. The minimum atomic E-state index is -0.892. The second-order valence-electron chi connectivity index (χ2n) is 5.18. The van der Waals surface area contributed by atoms with Gasteiger partial charge >= 0.3 is 5.97 Å². The highest BCUT2D eigenvalue weighted by molar-refractivity contribution is 5.98. The number of halogens is 1. The van der Waals surface area contributed by atoms with E-state index in [0.29, 0.717) is 31.7 Å². The Balaban J connectivity index is 0.00000242. The maximum Gasteiger partial charge on any atom is 0.309 e. The molecule has 1 aromatic rings. The fourth-order valence-electron chi connectivity index (χ4n) is 2.22. The van der Waals surface area contributed by atoms with E-state index in [1.165, 1.54) is 7.11 Å². The van der Waals surface area contributed by atoms with Crippen LogP contribution in [0.25, 0.3) is 0 Å². The molecule has 0 aromatic heterocycles. The molecule has 1 aromatic carbocycles. The van der Waals surface area contributed by atoms with Crippen molar-refractivity contribution in [2.45, 2.75) is 24.8 Å². The number of esters is 1. The summed E-state index contributed by atoms with van der Waals surface area (Å²) in [5.41, 5.74) is 6.63. The molecule has 1 aliphatic rings. The fraction of sp³-hybridized carbons (Fsp3) is 0.467. The maximum atomic E-state index is 12.3. The number of hydrogen-bond acceptors (Lipinski definition) is 5. The molecule has 1 fully saturated rings. The summed E-state index contributed by atoms with van der Waals surface area (Å²) >= 11 is 0. The van der Waals surface area contributed by atoms with Crippen LogP contribution in [0.5, 0.6) is 0 Å². The fourth-order valence-corrected chi connectivity index (χ4v) is 2.22. The summed E-state index contributed by atoms with van der Waals surface area (Å²) in [5, 5.41) is 2.81. The van der Waals surface area contributed by atoms with Gasteiger partial charge in [-0.3, -0.25) is 9.59 Å². The van der Waals surface area contributed by atoms with E-state index in [2.05, 4.69) is 10.1 Å². The molecule has 6 nitrogen and oxygen atoms in total. The minimum Gasteiger partial charge on any atom is -0.469 e. The summed E-state index contributed by atoms with van der Waals surface area (Å²) in [6, 6.07) is 7.10. The normalized spacial score (nSPS) is 16.3. The molecule has 0 bridgehead atoms. The van der Waals surface area contributed by atoms with E-state index in [1.54, 1.807) is 24.3 Å². The first-order chi connectivity index (χ1) is 10.0. The average molecular weight is 329 g/mol. The lowest BCUT2D eigenvalue weighted by molar-refractivity contribution is -0.139. The van der Waals surface area contributed by atoms with Gasteiger partial charge in [0, 0.05) is 18.9 Å². The van der Waals surface area contributed by atoms with Crippen LogP contribution in [-0.4, -0.2) is 37.7 Å². The van der Waals surface area contributed by atoms with Crippen molar-refractivity contribution >= 4 is 30.0 Å². The second kappa shape index (κ2) is 8.12. The summed E-state index contributed by atoms with van der Waals surface area (Å²) in [6.45, 7) is 0.985. The molecule has 2 rings (SSSR count). The SMILES string of the molecule is COC(=O)Cc1cccc(NC(=O)C2(N)CCOCC2)c1.Cl. The molecule has 0 unspecified atom stereocenters. The van der Waals surface area contributed by atoms with Crippen molar-refractivity contribution in [3.8, 4) is 0 Å². The van der Waals surface area contributed by atoms with E-state index in [-0.39, 0.29) is 30.7 Å². The predicted octanol–water partition coefficient (Wildman–Crippen LogP) is 1.27. The Labute approximate surface area is 135 Å². The first-order valence-corrected chi connectivity index (χ1v) is 6.87. The number of nitrogens with one attached hydrogen (secondary N) is 1. The zero-order valence-electron chi connectivity index (χ0n) is 12.5. The van der Waals surface area contributed by atoms with Gasteiger partial charge in [0.25, 0.3) is 0 Å². The molecule has 1 aliphatic heterocycles. The molecule has 0 atom stereocenters. The molecule has 0 aliphatic carbocycles. The molecule has 122 valence electrons. The van der Waals surface area contributed by atoms with Crippen LogP contribution >= 0.6 is 12.4 Å². The summed E-state index contributed by atoms with van der Waals surface area (Å²) < 4.78 is 9.86. The van der Waals surface area contributed by atoms with Crippen LogP contribution in [0, 0.1) is 0 Å².